The Kier molecular flexibility index (Phi) is 3.92. The molecular formula is C17H25N5O2. The van der Waals surface area contributed by atoms with Crippen molar-refractivity contribution in [2.45, 2.75) is 31.4 Å². The van der Waals surface area contributed by atoms with E-state index in [-0.39, 0.29) is 17.6 Å². The van der Waals surface area contributed by atoms with Crippen LogP contribution in [0.4, 0.5) is 5.82 Å². The highest BCUT2D eigenvalue weighted by Gasteiger charge is 2.50. The Morgan fingerprint density at radius 3 is 2.58 bits per heavy atom. The lowest BCUT2D eigenvalue weighted by atomic mass is 9.90. The fraction of sp³-hybridized carbons (Fsp3) is 0.706. The molecule has 0 radical (unpaired) electrons. The Hall–Kier alpha value is -1.73. The van der Waals surface area contributed by atoms with Gasteiger partial charge in [0.2, 0.25) is 5.91 Å². The molecule has 0 saturated carbocycles. The number of hydrogen-bond acceptors (Lipinski definition) is 6. The second-order valence-electron chi connectivity index (χ2n) is 7.35. The molecule has 0 N–H and O–H groups in total. The minimum Gasteiger partial charge on any atom is -0.368 e. The highest BCUT2D eigenvalue weighted by Crippen LogP contribution is 2.33. The summed E-state index contributed by atoms with van der Waals surface area (Å²) in [7, 11) is 2.04. The van der Waals surface area contributed by atoms with Crippen LogP contribution in [0.25, 0.3) is 0 Å². The largest absolute Gasteiger partial charge is 0.368 e. The molecule has 1 aromatic heterocycles. The van der Waals surface area contributed by atoms with Crippen molar-refractivity contribution < 1.29 is 9.53 Å². The maximum Gasteiger partial charge on any atom is 0.242 e. The van der Waals surface area contributed by atoms with Crippen LogP contribution in [-0.2, 0) is 9.53 Å². The van der Waals surface area contributed by atoms with Gasteiger partial charge in [-0.25, -0.2) is 0 Å². The van der Waals surface area contributed by atoms with Gasteiger partial charge in [0.1, 0.15) is 11.6 Å². The molecule has 3 fully saturated rings. The highest BCUT2D eigenvalue weighted by molar-refractivity contribution is 5.82. The van der Waals surface area contributed by atoms with Crippen LogP contribution in [0.5, 0.6) is 0 Å². The van der Waals surface area contributed by atoms with Crippen molar-refractivity contribution in [1.82, 2.24) is 20.0 Å². The zero-order chi connectivity index (χ0) is 16.7. The molecule has 1 unspecified atom stereocenters. The third kappa shape index (κ3) is 2.75. The number of nitrogens with zero attached hydrogens (tertiary/aromatic N) is 5. The van der Waals surface area contributed by atoms with E-state index in [0.717, 1.165) is 57.1 Å². The van der Waals surface area contributed by atoms with Crippen LogP contribution in [0.2, 0.25) is 0 Å². The molecule has 1 spiro atoms. The van der Waals surface area contributed by atoms with Crippen LogP contribution in [0.15, 0.2) is 12.1 Å². The van der Waals surface area contributed by atoms with E-state index in [4.69, 9.17) is 4.74 Å². The summed E-state index contributed by atoms with van der Waals surface area (Å²) >= 11 is 0. The van der Waals surface area contributed by atoms with Gasteiger partial charge in [-0.2, -0.15) is 5.10 Å². The van der Waals surface area contributed by atoms with E-state index in [2.05, 4.69) is 20.0 Å². The number of morpholine rings is 1. The topological polar surface area (TPSA) is 61.8 Å². The second-order valence-corrected chi connectivity index (χ2v) is 7.35. The smallest absolute Gasteiger partial charge is 0.242 e. The first-order valence-electron chi connectivity index (χ1n) is 8.75. The van der Waals surface area contributed by atoms with E-state index >= 15 is 0 Å². The van der Waals surface area contributed by atoms with Gasteiger partial charge in [-0.3, -0.25) is 9.69 Å². The average molecular weight is 331 g/mol. The van der Waals surface area contributed by atoms with E-state index in [1.807, 2.05) is 31.0 Å². The molecule has 24 heavy (non-hydrogen) atoms. The number of likely N-dealkylation sites (tertiary alicyclic amines) is 1. The number of rotatable bonds is 2. The van der Waals surface area contributed by atoms with Gasteiger partial charge in [0, 0.05) is 19.6 Å². The number of carbonyl (C=O) groups is 1. The summed E-state index contributed by atoms with van der Waals surface area (Å²) < 4.78 is 6.16. The Balaban J connectivity index is 1.35. The molecule has 1 atom stereocenters. The van der Waals surface area contributed by atoms with E-state index in [1.165, 1.54) is 0 Å². The lowest BCUT2D eigenvalue weighted by Gasteiger charge is -2.55. The predicted octanol–water partition coefficient (Wildman–Crippen LogP) is 0.297. The molecule has 3 saturated heterocycles. The first kappa shape index (κ1) is 15.8. The standard InChI is InChI=1S/C17H25N5O2/c1-13-5-6-15(19-18-13)22-11-17(12-22)10-20(2)14(9-24-17)16(23)21-7-3-4-8-21/h5-6,14H,3-4,7-12H2,1-2H3. The predicted molar refractivity (Wildman–Crippen MR) is 89.9 cm³/mol. The zero-order valence-electron chi connectivity index (χ0n) is 14.4. The number of carbonyl (C=O) groups excluding carboxylic acids is 1. The first-order valence-corrected chi connectivity index (χ1v) is 8.75. The Morgan fingerprint density at radius 1 is 1.21 bits per heavy atom. The molecule has 0 bridgehead atoms. The quantitative estimate of drug-likeness (QED) is 0.777. The minimum atomic E-state index is -0.177. The summed E-state index contributed by atoms with van der Waals surface area (Å²) in [6, 6.07) is 3.84. The molecule has 130 valence electrons. The Morgan fingerprint density at radius 2 is 1.96 bits per heavy atom. The van der Waals surface area contributed by atoms with Crippen molar-refractivity contribution in [3.05, 3.63) is 17.8 Å². The molecule has 4 rings (SSSR count). The third-order valence-electron chi connectivity index (χ3n) is 5.39. The van der Waals surface area contributed by atoms with E-state index in [0.29, 0.717) is 6.61 Å². The van der Waals surface area contributed by atoms with Gasteiger partial charge >= 0.3 is 0 Å². The molecule has 7 heteroatoms. The Labute approximate surface area is 142 Å². The van der Waals surface area contributed by atoms with Crippen molar-refractivity contribution in [3.63, 3.8) is 0 Å². The van der Waals surface area contributed by atoms with Crippen molar-refractivity contribution in [2.75, 3.05) is 51.3 Å². The summed E-state index contributed by atoms with van der Waals surface area (Å²) in [5.41, 5.74) is 0.745. The number of amides is 1. The van der Waals surface area contributed by atoms with Crippen LogP contribution in [0.3, 0.4) is 0 Å². The van der Waals surface area contributed by atoms with Gasteiger partial charge in [-0.1, -0.05) is 0 Å². The van der Waals surface area contributed by atoms with E-state index < -0.39 is 0 Å². The fourth-order valence-corrected chi connectivity index (χ4v) is 3.96. The van der Waals surface area contributed by atoms with Gasteiger partial charge in [0.15, 0.2) is 5.82 Å². The number of likely N-dealkylation sites (N-methyl/N-ethyl adjacent to an activating group) is 1. The highest BCUT2D eigenvalue weighted by atomic mass is 16.5. The van der Waals surface area contributed by atoms with Gasteiger partial charge < -0.3 is 14.5 Å². The van der Waals surface area contributed by atoms with E-state index in [1.54, 1.807) is 0 Å². The Bertz CT molecular complexity index is 608. The molecular weight excluding hydrogens is 306 g/mol. The van der Waals surface area contributed by atoms with Gasteiger partial charge in [0.25, 0.3) is 0 Å². The van der Waals surface area contributed by atoms with Crippen molar-refractivity contribution in [1.29, 1.82) is 0 Å². The van der Waals surface area contributed by atoms with Gasteiger partial charge in [-0.15, -0.1) is 5.10 Å². The van der Waals surface area contributed by atoms with Crippen molar-refractivity contribution in [2.24, 2.45) is 0 Å². The number of ether oxygens (including phenoxy) is 1. The van der Waals surface area contributed by atoms with Crippen LogP contribution < -0.4 is 4.90 Å². The first-order chi connectivity index (χ1) is 11.6. The summed E-state index contributed by atoms with van der Waals surface area (Å²) in [5, 5.41) is 8.36. The molecule has 7 nitrogen and oxygen atoms in total. The molecule has 1 amide bonds. The molecule has 0 aromatic carbocycles. The SMILES string of the molecule is Cc1ccc(N2CC3(C2)CN(C)C(C(=O)N2CCCC2)CO3)nn1. The normalized spacial score (nSPS) is 26.7. The van der Waals surface area contributed by atoms with Crippen molar-refractivity contribution >= 4 is 11.7 Å². The molecule has 4 heterocycles. The minimum absolute atomic E-state index is 0.137. The second kappa shape index (κ2) is 5.97. The average Bonchev–Trinajstić information content (AvgIpc) is 3.07. The molecule has 3 aliphatic heterocycles. The summed E-state index contributed by atoms with van der Waals surface area (Å²) in [4.78, 5) is 19.0. The third-order valence-corrected chi connectivity index (χ3v) is 5.39. The number of anilines is 1. The monoisotopic (exact) mass is 331 g/mol. The van der Waals surface area contributed by atoms with Crippen LogP contribution in [0.1, 0.15) is 18.5 Å². The van der Waals surface area contributed by atoms with Crippen LogP contribution >= 0.6 is 0 Å². The number of hydrogen-bond donors (Lipinski definition) is 0. The van der Waals surface area contributed by atoms with Gasteiger partial charge in [-0.05, 0) is 38.9 Å². The van der Waals surface area contributed by atoms with Crippen LogP contribution in [0, 0.1) is 6.92 Å². The maximum absolute atomic E-state index is 12.6. The van der Waals surface area contributed by atoms with Crippen LogP contribution in [-0.4, -0.2) is 83.9 Å². The van der Waals surface area contributed by atoms with Gasteiger partial charge in [0.05, 0.1) is 25.4 Å². The lowest BCUT2D eigenvalue weighted by Crippen LogP contribution is -2.72. The maximum atomic E-state index is 12.6. The number of aryl methyl sites for hydroxylation is 1. The fourth-order valence-electron chi connectivity index (χ4n) is 3.96. The van der Waals surface area contributed by atoms with Crippen molar-refractivity contribution in [3.8, 4) is 0 Å². The lowest BCUT2D eigenvalue weighted by molar-refractivity contribution is -0.164. The zero-order valence-corrected chi connectivity index (χ0v) is 14.4. The summed E-state index contributed by atoms with van der Waals surface area (Å²) in [6.45, 7) is 6.61. The molecule has 1 aromatic rings. The summed E-state index contributed by atoms with van der Waals surface area (Å²) in [6.07, 6.45) is 2.25. The number of aromatic nitrogens is 2. The van der Waals surface area contributed by atoms with E-state index in [9.17, 15) is 4.79 Å². The molecule has 0 aliphatic carbocycles. The molecule has 3 aliphatic rings. The summed E-state index contributed by atoms with van der Waals surface area (Å²) in [5.74, 6) is 1.12.